The van der Waals surface area contributed by atoms with E-state index < -0.39 is 0 Å². The van der Waals surface area contributed by atoms with Crippen LogP contribution in [0.3, 0.4) is 0 Å². The van der Waals surface area contributed by atoms with Crippen LogP contribution < -0.4 is 5.73 Å². The van der Waals surface area contributed by atoms with Crippen LogP contribution in [0.15, 0.2) is 39.4 Å². The molecule has 0 aliphatic carbocycles. The quantitative estimate of drug-likeness (QED) is 0.374. The van der Waals surface area contributed by atoms with Gasteiger partial charge in [-0.15, -0.1) is 11.3 Å². The Labute approximate surface area is 129 Å². The van der Waals surface area contributed by atoms with Gasteiger partial charge in [-0.25, -0.2) is 0 Å². The molecule has 5 nitrogen and oxygen atoms in total. The molecule has 2 aromatic heterocycles. The molecule has 0 atom stereocenters. The number of oxime groups is 1. The normalized spacial score (nSPS) is 12.1. The molecule has 0 saturated heterocycles. The van der Waals surface area contributed by atoms with Gasteiger partial charge in [0.2, 0.25) is 0 Å². The lowest BCUT2D eigenvalue weighted by molar-refractivity contribution is 0.316. The van der Waals surface area contributed by atoms with E-state index in [0.29, 0.717) is 12.2 Å². The fraction of sp³-hybridized carbons (Fsp3) is 0.231. The summed E-state index contributed by atoms with van der Waals surface area (Å²) in [5, 5.41) is 13.9. The summed E-state index contributed by atoms with van der Waals surface area (Å²) < 4.78 is 1.10. The van der Waals surface area contributed by atoms with Gasteiger partial charge in [-0.2, -0.15) is 0 Å². The van der Waals surface area contributed by atoms with Crippen LogP contribution in [0.25, 0.3) is 0 Å². The molecule has 0 amide bonds. The number of amidine groups is 1. The monoisotopic (exact) mass is 354 g/mol. The minimum absolute atomic E-state index is 0.0351. The number of rotatable bonds is 5. The molecule has 20 heavy (non-hydrogen) atoms. The van der Waals surface area contributed by atoms with E-state index in [1.807, 2.05) is 19.2 Å². The molecular weight excluding hydrogens is 340 g/mol. The van der Waals surface area contributed by atoms with Crippen molar-refractivity contribution in [3.8, 4) is 0 Å². The van der Waals surface area contributed by atoms with Crippen LogP contribution in [0.5, 0.6) is 0 Å². The van der Waals surface area contributed by atoms with Crippen molar-refractivity contribution >= 4 is 33.1 Å². The van der Waals surface area contributed by atoms with Crippen LogP contribution in [0, 0.1) is 0 Å². The molecule has 2 rings (SSSR count). The van der Waals surface area contributed by atoms with Crippen LogP contribution in [0.4, 0.5) is 0 Å². The zero-order valence-corrected chi connectivity index (χ0v) is 13.4. The van der Waals surface area contributed by atoms with Gasteiger partial charge in [0.25, 0.3) is 0 Å². The third-order valence-electron chi connectivity index (χ3n) is 2.73. The summed E-state index contributed by atoms with van der Waals surface area (Å²) in [5.74, 6) is 0.0351. The first-order valence-corrected chi connectivity index (χ1v) is 7.60. The summed E-state index contributed by atoms with van der Waals surface area (Å²) in [6, 6.07) is 5.88. The molecule has 106 valence electrons. The van der Waals surface area contributed by atoms with Crippen LogP contribution in [0.2, 0.25) is 0 Å². The molecule has 2 heterocycles. The minimum Gasteiger partial charge on any atom is -0.409 e. The summed E-state index contributed by atoms with van der Waals surface area (Å²) in [5.41, 5.74) is 7.10. The zero-order valence-electron chi connectivity index (χ0n) is 11.0. The van der Waals surface area contributed by atoms with E-state index in [2.05, 4.69) is 42.4 Å². The first-order valence-electron chi connectivity index (χ1n) is 5.93. The third-order valence-corrected chi connectivity index (χ3v) is 4.41. The fourth-order valence-corrected chi connectivity index (χ4v) is 3.42. The third kappa shape index (κ3) is 3.78. The Bertz CT molecular complexity index is 614. The Kier molecular flexibility index (Phi) is 5.11. The standard InChI is InChI=1S/C13H15BrN4OS/c1-18(7-11-5-10(14)8-20-11)6-9-3-2-4-16-12(9)13(15)17-19/h2-5,8,19H,6-7H2,1H3,(H2,15,17). The smallest absolute Gasteiger partial charge is 0.189 e. The average molecular weight is 355 g/mol. The molecule has 0 fully saturated rings. The van der Waals surface area contributed by atoms with Crippen LogP contribution in [-0.4, -0.2) is 28.0 Å². The first kappa shape index (κ1) is 15.0. The molecule has 7 heteroatoms. The lowest BCUT2D eigenvalue weighted by Crippen LogP contribution is -2.22. The van der Waals surface area contributed by atoms with Gasteiger partial charge in [0.15, 0.2) is 5.84 Å². The minimum atomic E-state index is 0.0351. The number of nitrogens with zero attached hydrogens (tertiary/aromatic N) is 3. The fourth-order valence-electron chi connectivity index (χ4n) is 1.89. The highest BCUT2D eigenvalue weighted by molar-refractivity contribution is 9.10. The Morgan fingerprint density at radius 3 is 3.00 bits per heavy atom. The summed E-state index contributed by atoms with van der Waals surface area (Å²) >= 11 is 5.16. The molecule has 0 radical (unpaired) electrons. The Balaban J connectivity index is 2.09. The molecule has 2 aromatic rings. The summed E-state index contributed by atoms with van der Waals surface area (Å²) in [6.45, 7) is 1.51. The van der Waals surface area contributed by atoms with Crippen molar-refractivity contribution in [3.05, 3.63) is 50.4 Å². The number of nitrogens with two attached hydrogens (primary N) is 1. The van der Waals surface area contributed by atoms with Crippen molar-refractivity contribution in [2.75, 3.05) is 7.05 Å². The van der Waals surface area contributed by atoms with E-state index in [1.54, 1.807) is 17.5 Å². The molecule has 0 aliphatic rings. The molecule has 0 spiro atoms. The Hall–Kier alpha value is -1.44. The highest BCUT2D eigenvalue weighted by atomic mass is 79.9. The average Bonchev–Trinajstić information content (AvgIpc) is 2.83. The van der Waals surface area contributed by atoms with Gasteiger partial charge in [-0.05, 0) is 40.7 Å². The molecule has 0 bridgehead atoms. The van der Waals surface area contributed by atoms with Gasteiger partial charge in [-0.3, -0.25) is 9.88 Å². The van der Waals surface area contributed by atoms with E-state index in [0.717, 1.165) is 16.6 Å². The molecule has 0 aromatic carbocycles. The maximum Gasteiger partial charge on any atom is 0.189 e. The number of pyridine rings is 1. The van der Waals surface area contributed by atoms with Gasteiger partial charge in [0.1, 0.15) is 5.69 Å². The number of hydrogen-bond acceptors (Lipinski definition) is 5. The highest BCUT2D eigenvalue weighted by Gasteiger charge is 2.11. The van der Waals surface area contributed by atoms with Gasteiger partial charge < -0.3 is 10.9 Å². The van der Waals surface area contributed by atoms with Crippen molar-refractivity contribution < 1.29 is 5.21 Å². The number of aromatic nitrogens is 1. The maximum atomic E-state index is 8.79. The summed E-state index contributed by atoms with van der Waals surface area (Å²) in [6.07, 6.45) is 1.63. The van der Waals surface area contributed by atoms with E-state index in [-0.39, 0.29) is 5.84 Å². The van der Waals surface area contributed by atoms with Crippen molar-refractivity contribution in [1.82, 2.24) is 9.88 Å². The zero-order chi connectivity index (χ0) is 14.5. The highest BCUT2D eigenvalue weighted by Crippen LogP contribution is 2.21. The van der Waals surface area contributed by atoms with Gasteiger partial charge in [0, 0.05) is 34.0 Å². The summed E-state index contributed by atoms with van der Waals surface area (Å²) in [7, 11) is 2.02. The van der Waals surface area contributed by atoms with Crippen LogP contribution >= 0.6 is 27.3 Å². The van der Waals surface area contributed by atoms with Crippen molar-refractivity contribution in [2.24, 2.45) is 10.9 Å². The largest absolute Gasteiger partial charge is 0.409 e. The molecule has 3 N–H and O–H groups in total. The Morgan fingerprint density at radius 2 is 2.35 bits per heavy atom. The predicted octanol–water partition coefficient (Wildman–Crippen LogP) is 2.63. The van der Waals surface area contributed by atoms with Crippen molar-refractivity contribution in [2.45, 2.75) is 13.1 Å². The van der Waals surface area contributed by atoms with Crippen molar-refractivity contribution in [3.63, 3.8) is 0 Å². The van der Waals surface area contributed by atoms with Gasteiger partial charge >= 0.3 is 0 Å². The van der Waals surface area contributed by atoms with E-state index in [4.69, 9.17) is 10.9 Å². The van der Waals surface area contributed by atoms with Gasteiger partial charge in [0.05, 0.1) is 0 Å². The number of hydrogen-bond donors (Lipinski definition) is 2. The maximum absolute atomic E-state index is 8.79. The SMILES string of the molecule is CN(Cc1cc(Br)cs1)Cc1cccnc1C(N)=NO. The van der Waals surface area contributed by atoms with E-state index in [9.17, 15) is 0 Å². The van der Waals surface area contributed by atoms with Crippen LogP contribution in [0.1, 0.15) is 16.1 Å². The van der Waals surface area contributed by atoms with E-state index >= 15 is 0 Å². The lowest BCUT2D eigenvalue weighted by Gasteiger charge is -2.17. The number of thiophene rings is 1. The second kappa shape index (κ2) is 6.83. The molecular formula is C13H15BrN4OS. The second-order valence-electron chi connectivity index (χ2n) is 4.40. The predicted molar refractivity (Wildman–Crippen MR) is 83.9 cm³/mol. The van der Waals surface area contributed by atoms with Crippen molar-refractivity contribution in [1.29, 1.82) is 0 Å². The molecule has 0 aliphatic heterocycles. The lowest BCUT2D eigenvalue weighted by atomic mass is 10.1. The first-order chi connectivity index (χ1) is 9.60. The molecule has 0 saturated carbocycles. The Morgan fingerprint density at radius 1 is 1.55 bits per heavy atom. The number of halogens is 1. The van der Waals surface area contributed by atoms with E-state index in [1.165, 1.54) is 4.88 Å². The molecule has 0 unspecified atom stereocenters. The summed E-state index contributed by atoms with van der Waals surface area (Å²) in [4.78, 5) is 7.59. The second-order valence-corrected chi connectivity index (χ2v) is 6.31. The van der Waals surface area contributed by atoms with Crippen LogP contribution in [-0.2, 0) is 13.1 Å². The van der Waals surface area contributed by atoms with Gasteiger partial charge in [-0.1, -0.05) is 11.2 Å². The topological polar surface area (TPSA) is 74.7 Å².